The minimum atomic E-state index is -0.738. The van der Waals surface area contributed by atoms with Crippen molar-refractivity contribution < 1.29 is 9.72 Å². The van der Waals surface area contributed by atoms with Gasteiger partial charge in [-0.2, -0.15) is 0 Å². The lowest BCUT2D eigenvalue weighted by Crippen LogP contribution is -2.31. The molecule has 130 valence electrons. The number of nitrogens with zero attached hydrogens (tertiary/aromatic N) is 4. The number of nitrogens with one attached hydrogen (secondary N) is 2. The molecule has 2 aromatic heterocycles. The number of pyridine rings is 1. The van der Waals surface area contributed by atoms with E-state index in [2.05, 4.69) is 25.5 Å². The molecule has 0 radical (unpaired) electrons. The van der Waals surface area contributed by atoms with Crippen molar-refractivity contribution in [3.63, 3.8) is 0 Å². The highest BCUT2D eigenvalue weighted by atomic mass is 16.6. The molecule has 10 nitrogen and oxygen atoms in total. The van der Waals surface area contributed by atoms with E-state index in [0.29, 0.717) is 11.3 Å². The van der Waals surface area contributed by atoms with Crippen molar-refractivity contribution >= 4 is 11.6 Å². The van der Waals surface area contributed by atoms with Gasteiger partial charge in [0, 0.05) is 24.9 Å². The predicted octanol–water partition coefficient (Wildman–Crippen LogP) is 1.07. The highest BCUT2D eigenvalue weighted by Crippen LogP contribution is 2.13. The average Bonchev–Trinajstić information content (AvgIpc) is 2.67. The van der Waals surface area contributed by atoms with E-state index in [9.17, 15) is 19.7 Å². The second-order valence-corrected chi connectivity index (χ2v) is 5.18. The molecule has 0 saturated carbocycles. The Bertz CT molecular complexity index is 1020. The summed E-state index contributed by atoms with van der Waals surface area (Å²) in [6.45, 7) is 0.00360. The fourth-order valence-electron chi connectivity index (χ4n) is 2.15. The summed E-state index contributed by atoms with van der Waals surface area (Å²) in [6, 6.07) is 10.9. The van der Waals surface area contributed by atoms with Gasteiger partial charge in [0.15, 0.2) is 5.82 Å². The van der Waals surface area contributed by atoms with Gasteiger partial charge in [-0.05, 0) is 17.7 Å². The lowest BCUT2D eigenvalue weighted by atomic mass is 10.2. The number of nitro benzene ring substituents is 1. The summed E-state index contributed by atoms with van der Waals surface area (Å²) in [5.74, 6) is -0.594. The number of benzene rings is 1. The Morgan fingerprint density at radius 2 is 2.04 bits per heavy atom. The predicted molar refractivity (Wildman–Crippen MR) is 90.2 cm³/mol. The van der Waals surface area contributed by atoms with Crippen molar-refractivity contribution in [1.82, 2.24) is 25.5 Å². The fourth-order valence-corrected chi connectivity index (χ4v) is 2.15. The van der Waals surface area contributed by atoms with Crippen molar-refractivity contribution in [2.45, 2.75) is 6.54 Å². The monoisotopic (exact) mass is 352 g/mol. The molecule has 3 aromatic rings. The minimum Gasteiger partial charge on any atom is -0.346 e. The number of aromatic nitrogens is 4. The van der Waals surface area contributed by atoms with E-state index in [0.717, 1.165) is 0 Å². The number of H-pyrrole nitrogens is 1. The summed E-state index contributed by atoms with van der Waals surface area (Å²) in [4.78, 5) is 40.9. The molecule has 26 heavy (non-hydrogen) atoms. The van der Waals surface area contributed by atoms with Gasteiger partial charge >= 0.3 is 0 Å². The molecule has 0 aliphatic rings. The van der Waals surface area contributed by atoms with Gasteiger partial charge in [0.05, 0.1) is 4.92 Å². The van der Waals surface area contributed by atoms with Crippen LogP contribution < -0.4 is 10.9 Å². The number of carbonyl (C=O) groups excluding carboxylic acids is 1. The first-order valence-corrected chi connectivity index (χ1v) is 7.44. The number of non-ortho nitro benzene ring substituents is 1. The van der Waals surface area contributed by atoms with E-state index in [4.69, 9.17) is 0 Å². The largest absolute Gasteiger partial charge is 0.346 e. The molecule has 2 heterocycles. The van der Waals surface area contributed by atoms with Gasteiger partial charge in [-0.25, -0.2) is 0 Å². The topological polar surface area (TPSA) is 144 Å². The summed E-state index contributed by atoms with van der Waals surface area (Å²) in [7, 11) is 0. The Morgan fingerprint density at radius 3 is 2.73 bits per heavy atom. The van der Waals surface area contributed by atoms with Crippen LogP contribution in [-0.4, -0.2) is 31.0 Å². The molecule has 10 heteroatoms. The van der Waals surface area contributed by atoms with Gasteiger partial charge < -0.3 is 10.3 Å². The minimum absolute atomic E-state index is 0.00360. The lowest BCUT2D eigenvalue weighted by molar-refractivity contribution is -0.384. The van der Waals surface area contributed by atoms with Crippen LogP contribution in [0.5, 0.6) is 0 Å². The van der Waals surface area contributed by atoms with Crippen LogP contribution in [0.25, 0.3) is 11.5 Å². The standard InChI is InChI=1S/C16H12N6O4/c23-15(18-9-10-4-3-5-11(8-10)22(25)26)13-16(24)19-14(21-20-13)12-6-1-2-7-17-12/h1-8H,9H2,(H,18,23)(H,19,21,24). The molecule has 2 N–H and O–H groups in total. The third-order valence-electron chi connectivity index (χ3n) is 3.39. The molecule has 0 fully saturated rings. The molecule has 1 aromatic carbocycles. The number of aromatic amines is 1. The van der Waals surface area contributed by atoms with E-state index in [-0.39, 0.29) is 18.1 Å². The normalized spacial score (nSPS) is 10.3. The Labute approximate surface area is 146 Å². The SMILES string of the molecule is O=C(NCc1cccc([N+](=O)[O-])c1)c1nnc(-c2ccccn2)[nH]c1=O. The van der Waals surface area contributed by atoms with Crippen molar-refractivity contribution in [2.24, 2.45) is 0 Å². The molecule has 0 bridgehead atoms. The van der Waals surface area contributed by atoms with Crippen molar-refractivity contribution in [3.8, 4) is 11.5 Å². The zero-order chi connectivity index (χ0) is 18.5. The molecule has 0 aliphatic heterocycles. The maximum atomic E-state index is 12.1. The van der Waals surface area contributed by atoms with Gasteiger partial charge in [0.2, 0.25) is 5.69 Å². The number of amides is 1. The van der Waals surface area contributed by atoms with Crippen molar-refractivity contribution in [1.29, 1.82) is 0 Å². The van der Waals surface area contributed by atoms with Crippen LogP contribution in [-0.2, 0) is 6.54 Å². The van der Waals surface area contributed by atoms with E-state index in [1.165, 1.54) is 24.4 Å². The highest BCUT2D eigenvalue weighted by Gasteiger charge is 2.15. The zero-order valence-corrected chi connectivity index (χ0v) is 13.2. The molecule has 0 saturated heterocycles. The molecule has 0 spiro atoms. The van der Waals surface area contributed by atoms with Gasteiger partial charge in [-0.1, -0.05) is 18.2 Å². The zero-order valence-electron chi connectivity index (χ0n) is 13.2. The van der Waals surface area contributed by atoms with Crippen LogP contribution in [0.3, 0.4) is 0 Å². The van der Waals surface area contributed by atoms with E-state index < -0.39 is 22.1 Å². The quantitative estimate of drug-likeness (QED) is 0.516. The Hall–Kier alpha value is -3.95. The van der Waals surface area contributed by atoms with E-state index in [1.807, 2.05) is 0 Å². The Balaban J connectivity index is 1.73. The maximum Gasteiger partial charge on any atom is 0.283 e. The summed E-state index contributed by atoms with van der Waals surface area (Å²) in [6.07, 6.45) is 1.54. The van der Waals surface area contributed by atoms with Crippen LogP contribution in [0.2, 0.25) is 0 Å². The summed E-state index contributed by atoms with van der Waals surface area (Å²) in [5.41, 5.74) is -0.274. The highest BCUT2D eigenvalue weighted by molar-refractivity contribution is 5.91. The number of nitro groups is 1. The van der Waals surface area contributed by atoms with Crippen LogP contribution in [0.4, 0.5) is 5.69 Å². The second-order valence-electron chi connectivity index (χ2n) is 5.18. The molecule has 1 amide bonds. The van der Waals surface area contributed by atoms with Gasteiger partial charge in [-0.3, -0.25) is 24.7 Å². The van der Waals surface area contributed by atoms with Crippen LogP contribution >= 0.6 is 0 Å². The van der Waals surface area contributed by atoms with E-state index in [1.54, 1.807) is 24.3 Å². The van der Waals surface area contributed by atoms with Crippen LogP contribution in [0.1, 0.15) is 16.1 Å². The van der Waals surface area contributed by atoms with Gasteiger partial charge in [-0.15, -0.1) is 10.2 Å². The number of hydrogen-bond acceptors (Lipinski definition) is 7. The summed E-state index contributed by atoms with van der Waals surface area (Å²) < 4.78 is 0. The summed E-state index contributed by atoms with van der Waals surface area (Å²) >= 11 is 0. The molecular formula is C16H12N6O4. The van der Waals surface area contributed by atoms with Crippen LogP contribution in [0.15, 0.2) is 53.5 Å². The number of carbonyl (C=O) groups is 1. The van der Waals surface area contributed by atoms with Gasteiger partial charge in [0.1, 0.15) is 5.69 Å². The molecule has 0 aliphatic carbocycles. The first-order valence-electron chi connectivity index (χ1n) is 7.44. The maximum absolute atomic E-state index is 12.1. The van der Waals surface area contributed by atoms with E-state index >= 15 is 0 Å². The second kappa shape index (κ2) is 7.30. The first-order chi connectivity index (χ1) is 12.5. The first kappa shape index (κ1) is 16.9. The smallest absolute Gasteiger partial charge is 0.283 e. The third kappa shape index (κ3) is 3.75. The van der Waals surface area contributed by atoms with Crippen LogP contribution in [0, 0.1) is 10.1 Å². The van der Waals surface area contributed by atoms with Gasteiger partial charge in [0.25, 0.3) is 17.2 Å². The molecule has 3 rings (SSSR count). The number of hydrogen-bond donors (Lipinski definition) is 2. The fraction of sp³-hybridized carbons (Fsp3) is 0.0625. The Morgan fingerprint density at radius 1 is 1.19 bits per heavy atom. The van der Waals surface area contributed by atoms with Crippen molar-refractivity contribution in [3.05, 3.63) is 80.4 Å². The van der Waals surface area contributed by atoms with Crippen molar-refractivity contribution in [2.75, 3.05) is 0 Å². The molecule has 0 unspecified atom stereocenters. The summed E-state index contributed by atoms with van der Waals surface area (Å²) in [5, 5.41) is 20.7. The number of rotatable bonds is 5. The Kier molecular flexibility index (Phi) is 4.74. The lowest BCUT2D eigenvalue weighted by Gasteiger charge is -2.05. The molecular weight excluding hydrogens is 340 g/mol. The average molecular weight is 352 g/mol. The molecule has 0 atom stereocenters. The third-order valence-corrected chi connectivity index (χ3v) is 3.39.